The molecule has 2 rings (SSSR count). The molecule has 1 aromatic rings. The fourth-order valence-electron chi connectivity index (χ4n) is 3.40. The number of carbonyl (C=O) groups excluding carboxylic acids is 2. The fourth-order valence-corrected chi connectivity index (χ4v) is 3.53. The van der Waals surface area contributed by atoms with Gasteiger partial charge in [-0.3, -0.25) is 9.59 Å². The van der Waals surface area contributed by atoms with Crippen LogP contribution in [0, 0.1) is 0 Å². The molecule has 0 radical (unpaired) electrons. The first kappa shape index (κ1) is 19.8. The lowest BCUT2D eigenvalue weighted by molar-refractivity contribution is -0.144. The Balaban J connectivity index is 2.04. The molecule has 25 heavy (non-hydrogen) atoms. The number of amides is 1. The van der Waals surface area contributed by atoms with Crippen LogP contribution in [0.15, 0.2) is 24.3 Å². The van der Waals surface area contributed by atoms with Crippen LogP contribution < -0.4 is 0 Å². The Morgan fingerprint density at radius 3 is 2.36 bits per heavy atom. The molecule has 4 nitrogen and oxygen atoms in total. The number of rotatable bonds is 7. The summed E-state index contributed by atoms with van der Waals surface area (Å²) < 4.78 is 5.02. The maximum absolute atomic E-state index is 12.9. The van der Waals surface area contributed by atoms with E-state index in [1.165, 1.54) is 12.8 Å². The van der Waals surface area contributed by atoms with Gasteiger partial charge in [-0.15, -0.1) is 0 Å². The molecule has 0 N–H and O–H groups in total. The third-order valence-electron chi connectivity index (χ3n) is 4.72. The molecule has 5 heteroatoms. The van der Waals surface area contributed by atoms with Crippen molar-refractivity contribution in [2.24, 2.45) is 0 Å². The molecule has 0 saturated heterocycles. The number of ether oxygens (including phenoxy) is 1. The summed E-state index contributed by atoms with van der Waals surface area (Å²) >= 11 is 5.92. The molecule has 0 aromatic heterocycles. The third kappa shape index (κ3) is 6.69. The minimum Gasteiger partial charge on any atom is -0.466 e. The first-order chi connectivity index (χ1) is 12.1. The van der Waals surface area contributed by atoms with Crippen LogP contribution in [0.1, 0.15) is 57.4 Å². The average molecular weight is 366 g/mol. The monoisotopic (exact) mass is 365 g/mol. The van der Waals surface area contributed by atoms with Gasteiger partial charge in [-0.25, -0.2) is 0 Å². The largest absolute Gasteiger partial charge is 0.466 e. The highest BCUT2D eigenvalue weighted by atomic mass is 35.5. The number of benzene rings is 1. The van der Waals surface area contributed by atoms with Crippen molar-refractivity contribution in [2.45, 2.75) is 64.3 Å². The minimum absolute atomic E-state index is 0.0820. The summed E-state index contributed by atoms with van der Waals surface area (Å²) in [5.41, 5.74) is 0.948. The molecule has 1 aromatic carbocycles. The van der Waals surface area contributed by atoms with Crippen LogP contribution in [0.5, 0.6) is 0 Å². The van der Waals surface area contributed by atoms with Crippen molar-refractivity contribution in [3.63, 3.8) is 0 Å². The summed E-state index contributed by atoms with van der Waals surface area (Å²) in [4.78, 5) is 26.6. The molecule has 1 aliphatic rings. The predicted octanol–water partition coefficient (Wildman–Crippen LogP) is 4.39. The molecule has 0 heterocycles. The predicted molar refractivity (Wildman–Crippen MR) is 99.6 cm³/mol. The maximum Gasteiger partial charge on any atom is 0.307 e. The SMILES string of the molecule is CCOC(=O)CCN(C(=O)Cc1ccc(Cl)cc1)C1CCCCCC1. The van der Waals surface area contributed by atoms with Crippen LogP contribution in [0.2, 0.25) is 5.02 Å². The van der Waals surface area contributed by atoms with Gasteiger partial charge >= 0.3 is 5.97 Å². The van der Waals surface area contributed by atoms with Gasteiger partial charge < -0.3 is 9.64 Å². The Morgan fingerprint density at radius 1 is 1.12 bits per heavy atom. The zero-order valence-electron chi connectivity index (χ0n) is 15.0. The van der Waals surface area contributed by atoms with Crippen molar-refractivity contribution in [3.8, 4) is 0 Å². The van der Waals surface area contributed by atoms with Gasteiger partial charge in [0.2, 0.25) is 5.91 Å². The van der Waals surface area contributed by atoms with Crippen LogP contribution in [0.25, 0.3) is 0 Å². The van der Waals surface area contributed by atoms with Gasteiger partial charge in [-0.05, 0) is 37.5 Å². The molecule has 1 aliphatic carbocycles. The summed E-state index contributed by atoms with van der Waals surface area (Å²) in [7, 11) is 0. The Hall–Kier alpha value is -1.55. The first-order valence-electron chi connectivity index (χ1n) is 9.29. The molecule has 0 aliphatic heterocycles. The van der Waals surface area contributed by atoms with Crippen LogP contribution in [0.4, 0.5) is 0 Å². The normalized spacial score (nSPS) is 15.4. The summed E-state index contributed by atoms with van der Waals surface area (Å²) in [6, 6.07) is 7.61. The lowest BCUT2D eigenvalue weighted by Gasteiger charge is -2.31. The van der Waals surface area contributed by atoms with Gasteiger partial charge in [-0.1, -0.05) is 49.4 Å². The highest BCUT2D eigenvalue weighted by Crippen LogP contribution is 2.23. The molecular formula is C20H28ClNO3. The second-order valence-corrected chi connectivity index (χ2v) is 7.03. The van der Waals surface area contributed by atoms with E-state index in [-0.39, 0.29) is 24.3 Å². The fraction of sp³-hybridized carbons (Fsp3) is 0.600. The molecule has 138 valence electrons. The number of hydrogen-bond acceptors (Lipinski definition) is 3. The topological polar surface area (TPSA) is 46.6 Å². The van der Waals surface area contributed by atoms with Crippen molar-refractivity contribution >= 4 is 23.5 Å². The van der Waals surface area contributed by atoms with Gasteiger partial charge in [0.25, 0.3) is 0 Å². The quantitative estimate of drug-likeness (QED) is 0.532. The Morgan fingerprint density at radius 2 is 1.76 bits per heavy atom. The number of carbonyl (C=O) groups is 2. The molecular weight excluding hydrogens is 338 g/mol. The molecule has 0 unspecified atom stereocenters. The summed E-state index contributed by atoms with van der Waals surface area (Å²) in [6.07, 6.45) is 7.41. The van der Waals surface area contributed by atoms with Gasteiger partial charge in [0, 0.05) is 17.6 Å². The highest BCUT2D eigenvalue weighted by molar-refractivity contribution is 6.30. The van der Waals surface area contributed by atoms with Crippen LogP contribution in [-0.4, -0.2) is 36.0 Å². The Bertz CT molecular complexity index is 551. The Labute approximate surface area is 155 Å². The Kier molecular flexibility index (Phi) is 8.26. The number of halogens is 1. The lowest BCUT2D eigenvalue weighted by atomic mass is 10.0. The molecule has 0 atom stereocenters. The van der Waals surface area contributed by atoms with Gasteiger partial charge in [0.05, 0.1) is 19.4 Å². The van der Waals surface area contributed by atoms with Crippen molar-refractivity contribution in [1.29, 1.82) is 0 Å². The number of nitrogens with zero attached hydrogens (tertiary/aromatic N) is 1. The molecule has 1 saturated carbocycles. The standard InChI is InChI=1S/C20H28ClNO3/c1-2-25-20(24)13-14-22(18-7-5-3-4-6-8-18)19(23)15-16-9-11-17(21)12-10-16/h9-12,18H,2-8,13-15H2,1H3. The maximum atomic E-state index is 12.9. The summed E-state index contributed by atoms with van der Waals surface area (Å²) in [5, 5.41) is 0.666. The van der Waals surface area contributed by atoms with E-state index in [4.69, 9.17) is 16.3 Å². The van der Waals surface area contributed by atoms with E-state index < -0.39 is 0 Å². The van der Waals surface area contributed by atoms with Crippen molar-refractivity contribution < 1.29 is 14.3 Å². The van der Waals surface area contributed by atoms with Crippen LogP contribution in [0.3, 0.4) is 0 Å². The first-order valence-corrected chi connectivity index (χ1v) is 9.67. The summed E-state index contributed by atoms with van der Waals surface area (Å²) in [6.45, 7) is 2.61. The van der Waals surface area contributed by atoms with E-state index in [1.807, 2.05) is 17.0 Å². The van der Waals surface area contributed by atoms with E-state index in [2.05, 4.69) is 0 Å². The second-order valence-electron chi connectivity index (χ2n) is 6.59. The lowest BCUT2D eigenvalue weighted by Crippen LogP contribution is -2.42. The van der Waals surface area contributed by atoms with Gasteiger partial charge in [0.15, 0.2) is 0 Å². The van der Waals surface area contributed by atoms with E-state index in [1.54, 1.807) is 19.1 Å². The zero-order chi connectivity index (χ0) is 18.1. The minimum atomic E-state index is -0.236. The van der Waals surface area contributed by atoms with E-state index >= 15 is 0 Å². The molecule has 0 spiro atoms. The van der Waals surface area contributed by atoms with E-state index in [9.17, 15) is 9.59 Å². The second kappa shape index (κ2) is 10.4. The van der Waals surface area contributed by atoms with Crippen LogP contribution in [-0.2, 0) is 20.7 Å². The van der Waals surface area contributed by atoms with Gasteiger partial charge in [-0.2, -0.15) is 0 Å². The van der Waals surface area contributed by atoms with E-state index in [0.717, 1.165) is 31.2 Å². The third-order valence-corrected chi connectivity index (χ3v) is 4.97. The number of hydrogen-bond donors (Lipinski definition) is 0. The zero-order valence-corrected chi connectivity index (χ0v) is 15.8. The molecule has 1 amide bonds. The van der Waals surface area contributed by atoms with Crippen molar-refractivity contribution in [1.82, 2.24) is 4.90 Å². The van der Waals surface area contributed by atoms with E-state index in [0.29, 0.717) is 24.6 Å². The van der Waals surface area contributed by atoms with Crippen molar-refractivity contribution in [2.75, 3.05) is 13.2 Å². The number of esters is 1. The smallest absolute Gasteiger partial charge is 0.307 e. The molecule has 1 fully saturated rings. The molecule has 0 bridgehead atoms. The van der Waals surface area contributed by atoms with Crippen molar-refractivity contribution in [3.05, 3.63) is 34.9 Å². The van der Waals surface area contributed by atoms with Gasteiger partial charge in [0.1, 0.15) is 0 Å². The summed E-state index contributed by atoms with van der Waals surface area (Å²) in [5.74, 6) is -0.154. The average Bonchev–Trinajstić information content (AvgIpc) is 2.87. The van der Waals surface area contributed by atoms with Crippen LogP contribution >= 0.6 is 11.6 Å². The highest BCUT2D eigenvalue weighted by Gasteiger charge is 2.25.